The van der Waals surface area contributed by atoms with Crippen LogP contribution >= 0.6 is 11.6 Å². The molecule has 36 heavy (non-hydrogen) atoms. The number of hydrogen-bond donors (Lipinski definition) is 2. The molecule has 1 aliphatic rings. The number of carbonyl (C=O) groups excluding carboxylic acids is 2. The number of halogens is 1. The Morgan fingerprint density at radius 1 is 0.972 bits per heavy atom. The van der Waals surface area contributed by atoms with Crippen LogP contribution in [0.2, 0.25) is 5.02 Å². The molecule has 0 aliphatic carbocycles. The summed E-state index contributed by atoms with van der Waals surface area (Å²) in [5, 5.41) is 15.5. The Bertz CT molecular complexity index is 1370. The number of hydrogen-bond acceptors (Lipinski definition) is 5. The fourth-order valence-electron chi connectivity index (χ4n) is 4.38. The van der Waals surface area contributed by atoms with Crippen molar-refractivity contribution in [1.29, 1.82) is 0 Å². The van der Waals surface area contributed by atoms with E-state index < -0.39 is 0 Å². The van der Waals surface area contributed by atoms with E-state index >= 15 is 0 Å². The van der Waals surface area contributed by atoms with Crippen molar-refractivity contribution in [2.24, 2.45) is 0 Å². The van der Waals surface area contributed by atoms with Crippen LogP contribution < -0.4 is 10.6 Å². The molecule has 1 saturated heterocycles. The smallest absolute Gasteiger partial charge is 0.228 e. The van der Waals surface area contributed by atoms with E-state index in [1.165, 1.54) is 0 Å². The summed E-state index contributed by atoms with van der Waals surface area (Å²) in [5.74, 6) is -0.162. The third kappa shape index (κ3) is 5.72. The Hall–Kier alpha value is -3.75. The number of Topliss-reactive ketones (excluding diaryl/α,β-unsaturated/α-hetero) is 1. The maximum atomic E-state index is 13.0. The van der Waals surface area contributed by atoms with Crippen molar-refractivity contribution in [3.05, 3.63) is 95.0 Å². The third-order valence-corrected chi connectivity index (χ3v) is 6.61. The van der Waals surface area contributed by atoms with Gasteiger partial charge < -0.3 is 10.6 Å². The Morgan fingerprint density at radius 2 is 1.75 bits per heavy atom. The largest absolute Gasteiger partial charge is 0.324 e. The number of nitrogens with one attached hydrogen (secondary N) is 2. The van der Waals surface area contributed by atoms with E-state index in [4.69, 9.17) is 11.6 Å². The van der Waals surface area contributed by atoms with Crippen molar-refractivity contribution < 1.29 is 9.59 Å². The molecule has 0 radical (unpaired) electrons. The van der Waals surface area contributed by atoms with Crippen LogP contribution in [0.3, 0.4) is 0 Å². The molecule has 0 unspecified atom stereocenters. The van der Waals surface area contributed by atoms with Gasteiger partial charge in [0.15, 0.2) is 5.78 Å². The first kappa shape index (κ1) is 24.0. The lowest BCUT2D eigenvalue weighted by molar-refractivity contribution is -0.115. The van der Waals surface area contributed by atoms with Gasteiger partial charge in [0.25, 0.3) is 0 Å². The minimum atomic E-state index is -0.184. The van der Waals surface area contributed by atoms with Crippen LogP contribution in [0.15, 0.2) is 73.3 Å². The predicted molar refractivity (Wildman–Crippen MR) is 139 cm³/mol. The maximum absolute atomic E-state index is 13.0. The summed E-state index contributed by atoms with van der Waals surface area (Å²) in [4.78, 5) is 25.4. The molecule has 1 aliphatic heterocycles. The maximum Gasteiger partial charge on any atom is 0.228 e. The normalized spacial score (nSPS) is 14.0. The second-order valence-corrected chi connectivity index (χ2v) is 9.37. The highest BCUT2D eigenvalue weighted by Crippen LogP contribution is 2.21. The van der Waals surface area contributed by atoms with Crippen molar-refractivity contribution in [2.45, 2.75) is 31.7 Å². The zero-order valence-corrected chi connectivity index (χ0v) is 20.5. The molecular formula is C27H27ClN6O2. The van der Waals surface area contributed by atoms with E-state index in [1.54, 1.807) is 35.4 Å². The minimum Gasteiger partial charge on any atom is -0.324 e. The summed E-state index contributed by atoms with van der Waals surface area (Å²) in [5.41, 5.74) is 3.60. The molecule has 3 heterocycles. The highest BCUT2D eigenvalue weighted by Gasteiger charge is 2.17. The van der Waals surface area contributed by atoms with Crippen molar-refractivity contribution in [1.82, 2.24) is 24.9 Å². The highest BCUT2D eigenvalue weighted by atomic mass is 35.5. The number of benzene rings is 2. The summed E-state index contributed by atoms with van der Waals surface area (Å²) in [6.07, 6.45) is 9.76. The lowest BCUT2D eigenvalue weighted by Gasteiger charge is -2.22. The molecule has 0 spiro atoms. The topological polar surface area (TPSA) is 93.8 Å². The van der Waals surface area contributed by atoms with Crippen LogP contribution in [0.1, 0.15) is 40.4 Å². The number of carbonyl (C=O) groups is 2. The summed E-state index contributed by atoms with van der Waals surface area (Å²) < 4.78 is 3.66. The van der Waals surface area contributed by atoms with Gasteiger partial charge in [0.1, 0.15) is 0 Å². The van der Waals surface area contributed by atoms with E-state index in [9.17, 15) is 9.59 Å². The molecule has 0 saturated carbocycles. The molecule has 2 N–H and O–H groups in total. The van der Waals surface area contributed by atoms with Crippen LogP contribution in [0.25, 0.3) is 5.69 Å². The summed E-state index contributed by atoms with van der Waals surface area (Å²) >= 11 is 6.12. The van der Waals surface area contributed by atoms with Gasteiger partial charge in [0.05, 0.1) is 41.3 Å². The number of nitrogens with zero attached hydrogens (tertiary/aromatic N) is 4. The lowest BCUT2D eigenvalue weighted by Crippen LogP contribution is -2.29. The standard InChI is InChI=1S/C27H27ClN6O2/c28-24-6-1-2-7-25(24)32-27(36)13-20-16-31-34(18-20)23-5-3-4-21(14-23)26(35)12-19-15-30-33(17-19)22-8-10-29-11-9-22/h1-7,14-18,22,29H,8-13H2,(H,32,36). The van der Waals surface area contributed by atoms with Gasteiger partial charge in [-0.25, -0.2) is 4.68 Å². The zero-order chi connectivity index (χ0) is 24.9. The van der Waals surface area contributed by atoms with Gasteiger partial charge in [-0.1, -0.05) is 35.9 Å². The van der Waals surface area contributed by atoms with Gasteiger partial charge >= 0.3 is 0 Å². The number of ketones is 1. The van der Waals surface area contributed by atoms with Crippen molar-refractivity contribution in [2.75, 3.05) is 18.4 Å². The van der Waals surface area contributed by atoms with E-state index in [2.05, 4.69) is 20.8 Å². The van der Waals surface area contributed by atoms with Crippen LogP contribution in [-0.4, -0.2) is 44.3 Å². The third-order valence-electron chi connectivity index (χ3n) is 6.28. The van der Waals surface area contributed by atoms with Crippen molar-refractivity contribution in [3.8, 4) is 5.69 Å². The summed E-state index contributed by atoms with van der Waals surface area (Å²) in [7, 11) is 0. The molecule has 2 aromatic carbocycles. The second kappa shape index (κ2) is 10.9. The average molecular weight is 503 g/mol. The van der Waals surface area contributed by atoms with Crippen LogP contribution in [0.4, 0.5) is 5.69 Å². The quantitative estimate of drug-likeness (QED) is 0.351. The number of rotatable bonds is 8. The molecular weight excluding hydrogens is 476 g/mol. The fraction of sp³-hybridized carbons (Fsp3) is 0.259. The number of anilines is 1. The van der Waals surface area contributed by atoms with Crippen LogP contribution in [0.5, 0.6) is 0 Å². The lowest BCUT2D eigenvalue weighted by atomic mass is 10.0. The van der Waals surface area contributed by atoms with Crippen molar-refractivity contribution in [3.63, 3.8) is 0 Å². The first-order valence-corrected chi connectivity index (χ1v) is 12.4. The molecule has 0 atom stereocenters. The molecule has 8 nitrogen and oxygen atoms in total. The molecule has 4 aromatic rings. The molecule has 0 bridgehead atoms. The SMILES string of the molecule is O=C(Cc1cnn(-c2cccc(C(=O)Cc3cnn(C4CCNCC4)c3)c2)c1)Nc1ccccc1Cl. The zero-order valence-electron chi connectivity index (χ0n) is 19.7. The highest BCUT2D eigenvalue weighted by molar-refractivity contribution is 6.33. The minimum absolute atomic E-state index is 0.0215. The Morgan fingerprint density at radius 3 is 2.58 bits per heavy atom. The summed E-state index contributed by atoms with van der Waals surface area (Å²) in [6, 6.07) is 14.8. The van der Waals surface area contributed by atoms with Gasteiger partial charge in [-0.05, 0) is 61.3 Å². The number of amides is 1. The Kier molecular flexibility index (Phi) is 7.25. The molecule has 184 valence electrons. The van der Waals surface area contributed by atoms with E-state index in [0.717, 1.165) is 42.7 Å². The second-order valence-electron chi connectivity index (χ2n) is 8.96. The number of para-hydroxylation sites is 1. The summed E-state index contributed by atoms with van der Waals surface area (Å²) in [6.45, 7) is 1.99. The van der Waals surface area contributed by atoms with E-state index in [-0.39, 0.29) is 18.1 Å². The predicted octanol–water partition coefficient (Wildman–Crippen LogP) is 4.25. The van der Waals surface area contributed by atoms with Crippen LogP contribution in [0, 0.1) is 0 Å². The van der Waals surface area contributed by atoms with Gasteiger partial charge in [-0.2, -0.15) is 10.2 Å². The number of piperidine rings is 1. The molecule has 9 heteroatoms. The average Bonchev–Trinajstić information content (AvgIpc) is 3.56. The first-order chi connectivity index (χ1) is 17.5. The first-order valence-electron chi connectivity index (χ1n) is 12.0. The fourth-order valence-corrected chi connectivity index (χ4v) is 4.57. The Balaban J connectivity index is 1.22. The van der Waals surface area contributed by atoms with Gasteiger partial charge in [-0.3, -0.25) is 14.3 Å². The van der Waals surface area contributed by atoms with Gasteiger partial charge in [0, 0.05) is 24.4 Å². The van der Waals surface area contributed by atoms with E-state index in [0.29, 0.717) is 28.7 Å². The van der Waals surface area contributed by atoms with Crippen molar-refractivity contribution >= 4 is 29.0 Å². The molecule has 1 amide bonds. The number of aromatic nitrogens is 4. The van der Waals surface area contributed by atoms with Gasteiger partial charge in [-0.15, -0.1) is 0 Å². The molecule has 5 rings (SSSR count). The van der Waals surface area contributed by atoms with Gasteiger partial charge in [0.2, 0.25) is 5.91 Å². The Labute approximate surface area is 214 Å². The molecule has 2 aromatic heterocycles. The van der Waals surface area contributed by atoms with Crippen LogP contribution in [-0.2, 0) is 17.6 Å². The van der Waals surface area contributed by atoms with E-state index in [1.807, 2.05) is 47.3 Å². The molecule has 1 fully saturated rings. The monoisotopic (exact) mass is 502 g/mol.